The molecule has 0 aromatic carbocycles. The number of rotatable bonds is 7. The maximum atomic E-state index is 12.6. The molecule has 0 saturated heterocycles. The van der Waals surface area contributed by atoms with Crippen LogP contribution in [0.25, 0.3) is 0 Å². The van der Waals surface area contributed by atoms with Crippen molar-refractivity contribution in [1.29, 1.82) is 0 Å². The average Bonchev–Trinajstić information content (AvgIpc) is 3.38. The molecule has 0 aliphatic heterocycles. The highest BCUT2D eigenvalue weighted by Crippen LogP contribution is 2.36. The Bertz CT molecular complexity index is 696. The fraction of sp³-hybridized carbons (Fsp3) is 0.611. The number of thiophene rings is 1. The minimum absolute atomic E-state index is 0.117. The summed E-state index contributed by atoms with van der Waals surface area (Å²) in [6, 6.07) is -0.196. The van der Waals surface area contributed by atoms with Crippen LogP contribution >= 0.6 is 11.3 Å². The third kappa shape index (κ3) is 4.35. The van der Waals surface area contributed by atoms with Crippen molar-refractivity contribution in [2.24, 2.45) is 5.92 Å². The summed E-state index contributed by atoms with van der Waals surface area (Å²) in [5.74, 6) is -0.554. The Balaban J connectivity index is 2.29. The minimum atomic E-state index is -0.565. The fourth-order valence-corrected chi connectivity index (χ4v) is 3.79. The number of anilines is 1. The van der Waals surface area contributed by atoms with Crippen molar-refractivity contribution in [3.8, 4) is 0 Å². The predicted molar refractivity (Wildman–Crippen MR) is 99.9 cm³/mol. The van der Waals surface area contributed by atoms with Crippen LogP contribution in [0, 0.1) is 12.8 Å². The number of ether oxygens (including phenoxy) is 2. The van der Waals surface area contributed by atoms with E-state index in [1.165, 1.54) is 0 Å². The molecule has 1 atom stereocenters. The van der Waals surface area contributed by atoms with Crippen LogP contribution in [0.15, 0.2) is 0 Å². The second kappa shape index (κ2) is 8.53. The Morgan fingerprint density at radius 2 is 1.77 bits per heavy atom. The van der Waals surface area contributed by atoms with E-state index in [0.717, 1.165) is 24.2 Å². The van der Waals surface area contributed by atoms with E-state index in [2.05, 4.69) is 5.32 Å². The van der Waals surface area contributed by atoms with Gasteiger partial charge in [0.2, 0.25) is 0 Å². The second-order valence-corrected chi connectivity index (χ2v) is 7.34. The minimum Gasteiger partial charge on any atom is -0.462 e. The Hall–Kier alpha value is -2.09. The molecule has 0 unspecified atom stereocenters. The number of carbonyl (C=O) groups excluding carboxylic acids is 3. The second-order valence-electron chi connectivity index (χ2n) is 6.32. The molecular weight excluding hydrogens is 356 g/mol. The van der Waals surface area contributed by atoms with E-state index in [1.807, 2.05) is 6.92 Å². The van der Waals surface area contributed by atoms with Gasteiger partial charge in [-0.1, -0.05) is 0 Å². The van der Waals surface area contributed by atoms with E-state index >= 15 is 0 Å². The van der Waals surface area contributed by atoms with Crippen LogP contribution in [-0.2, 0) is 9.47 Å². The van der Waals surface area contributed by atoms with Gasteiger partial charge in [-0.05, 0) is 52.0 Å². The van der Waals surface area contributed by atoms with Gasteiger partial charge in [0.25, 0.3) is 0 Å². The standard InChI is InChI=1S/C18H26N2O5S/c1-6-24-16(21)13-10(3)14(17(22)25-7-2)26-15(13)19-18(23)20(5)11(4)12-8-9-12/h11-12H,6-9H2,1-5H3,(H,19,23)/t11-/m1/s1. The van der Waals surface area contributed by atoms with Crippen molar-refractivity contribution in [3.63, 3.8) is 0 Å². The van der Waals surface area contributed by atoms with Crippen molar-refractivity contribution < 1.29 is 23.9 Å². The van der Waals surface area contributed by atoms with Gasteiger partial charge in [0.15, 0.2) is 0 Å². The summed E-state index contributed by atoms with van der Waals surface area (Å²) < 4.78 is 10.1. The molecule has 0 radical (unpaired) electrons. The maximum Gasteiger partial charge on any atom is 0.348 e. The van der Waals surface area contributed by atoms with E-state index in [9.17, 15) is 14.4 Å². The normalized spacial score (nSPS) is 14.5. The summed E-state index contributed by atoms with van der Waals surface area (Å²) in [7, 11) is 1.73. The first kappa shape index (κ1) is 20.2. The summed E-state index contributed by atoms with van der Waals surface area (Å²) in [5, 5.41) is 3.08. The van der Waals surface area contributed by atoms with Gasteiger partial charge in [0.05, 0.1) is 18.8 Å². The Morgan fingerprint density at radius 1 is 1.19 bits per heavy atom. The highest BCUT2D eigenvalue weighted by atomic mass is 32.1. The van der Waals surface area contributed by atoms with Gasteiger partial charge in [-0.2, -0.15) is 0 Å². The molecule has 2 rings (SSSR count). The summed E-state index contributed by atoms with van der Waals surface area (Å²) in [5.41, 5.74) is 0.667. The van der Waals surface area contributed by atoms with Crippen LogP contribution in [0.4, 0.5) is 9.80 Å². The quantitative estimate of drug-likeness (QED) is 0.727. The molecule has 1 heterocycles. The molecular formula is C18H26N2O5S. The first-order valence-corrected chi connectivity index (χ1v) is 9.64. The molecule has 1 aliphatic carbocycles. The van der Waals surface area contributed by atoms with Crippen LogP contribution < -0.4 is 5.32 Å². The van der Waals surface area contributed by atoms with Crippen LogP contribution in [0.1, 0.15) is 59.2 Å². The molecule has 0 bridgehead atoms. The molecule has 1 fully saturated rings. The van der Waals surface area contributed by atoms with E-state index < -0.39 is 11.9 Å². The number of esters is 2. The monoisotopic (exact) mass is 382 g/mol. The number of nitrogens with one attached hydrogen (secondary N) is 1. The topological polar surface area (TPSA) is 84.9 Å². The average molecular weight is 382 g/mol. The van der Waals surface area contributed by atoms with Crippen molar-refractivity contribution in [3.05, 3.63) is 16.0 Å². The predicted octanol–water partition coefficient (Wildman–Crippen LogP) is 3.67. The summed E-state index contributed by atoms with van der Waals surface area (Å²) in [6.45, 7) is 7.51. The van der Waals surface area contributed by atoms with Crippen molar-refractivity contribution in [2.45, 2.75) is 46.6 Å². The maximum absolute atomic E-state index is 12.6. The van der Waals surface area contributed by atoms with Crippen molar-refractivity contribution in [2.75, 3.05) is 25.6 Å². The molecule has 1 aromatic rings. The first-order valence-electron chi connectivity index (χ1n) is 8.83. The highest BCUT2D eigenvalue weighted by molar-refractivity contribution is 7.18. The molecule has 144 valence electrons. The molecule has 8 heteroatoms. The number of nitrogens with zero attached hydrogens (tertiary/aromatic N) is 1. The number of carbonyl (C=O) groups is 3. The molecule has 1 N–H and O–H groups in total. The Labute approximate surface area is 157 Å². The lowest BCUT2D eigenvalue weighted by Gasteiger charge is -2.25. The summed E-state index contributed by atoms with van der Waals surface area (Å²) in [6.07, 6.45) is 2.25. The molecule has 1 aliphatic rings. The molecule has 26 heavy (non-hydrogen) atoms. The molecule has 7 nitrogen and oxygen atoms in total. The van der Waals surface area contributed by atoms with Crippen LogP contribution in [0.2, 0.25) is 0 Å². The molecule has 0 spiro atoms. The van der Waals surface area contributed by atoms with Gasteiger partial charge >= 0.3 is 18.0 Å². The third-order valence-electron chi connectivity index (χ3n) is 4.54. The Morgan fingerprint density at radius 3 is 2.31 bits per heavy atom. The summed E-state index contributed by atoms with van der Waals surface area (Å²) in [4.78, 5) is 39.0. The molecule has 1 aromatic heterocycles. The fourth-order valence-electron chi connectivity index (χ4n) is 2.71. The van der Waals surface area contributed by atoms with E-state index in [1.54, 1.807) is 32.7 Å². The van der Waals surface area contributed by atoms with Gasteiger partial charge in [-0.3, -0.25) is 5.32 Å². The van der Waals surface area contributed by atoms with Crippen molar-refractivity contribution >= 4 is 34.3 Å². The zero-order chi connectivity index (χ0) is 19.4. The zero-order valence-electron chi connectivity index (χ0n) is 15.9. The summed E-state index contributed by atoms with van der Waals surface area (Å²) >= 11 is 1.04. The van der Waals surface area contributed by atoms with Crippen molar-refractivity contribution in [1.82, 2.24) is 4.90 Å². The van der Waals surface area contributed by atoms with Crippen LogP contribution in [0.5, 0.6) is 0 Å². The number of hydrogen-bond donors (Lipinski definition) is 1. The lowest BCUT2D eigenvalue weighted by Crippen LogP contribution is -2.39. The lowest BCUT2D eigenvalue weighted by atomic mass is 10.1. The molecule has 1 saturated carbocycles. The largest absolute Gasteiger partial charge is 0.462 e. The zero-order valence-corrected chi connectivity index (χ0v) is 16.7. The SMILES string of the molecule is CCOC(=O)c1sc(NC(=O)N(C)[C@H](C)C2CC2)c(C(=O)OCC)c1C. The van der Waals surface area contributed by atoms with Gasteiger partial charge in [-0.25, -0.2) is 14.4 Å². The van der Waals surface area contributed by atoms with Gasteiger partial charge < -0.3 is 14.4 Å². The van der Waals surface area contributed by atoms with E-state index in [4.69, 9.17) is 9.47 Å². The Kier molecular flexibility index (Phi) is 6.63. The molecule has 2 amide bonds. The number of hydrogen-bond acceptors (Lipinski definition) is 6. The van der Waals surface area contributed by atoms with Gasteiger partial charge in [-0.15, -0.1) is 11.3 Å². The smallest absolute Gasteiger partial charge is 0.348 e. The van der Waals surface area contributed by atoms with E-state index in [0.29, 0.717) is 21.4 Å². The third-order valence-corrected chi connectivity index (χ3v) is 5.73. The van der Waals surface area contributed by atoms with E-state index in [-0.39, 0.29) is 30.9 Å². The van der Waals surface area contributed by atoms with Gasteiger partial charge in [0, 0.05) is 13.1 Å². The first-order chi connectivity index (χ1) is 12.3. The number of amides is 2. The van der Waals surface area contributed by atoms with Crippen LogP contribution in [-0.4, -0.2) is 49.2 Å². The highest BCUT2D eigenvalue weighted by Gasteiger charge is 2.33. The lowest BCUT2D eigenvalue weighted by molar-refractivity contribution is 0.0527. The van der Waals surface area contributed by atoms with Crippen LogP contribution in [0.3, 0.4) is 0 Å². The van der Waals surface area contributed by atoms with Gasteiger partial charge in [0.1, 0.15) is 9.88 Å². The number of urea groups is 1.